The Balaban J connectivity index is 1.47. The first-order valence-electron chi connectivity index (χ1n) is 9.77. The highest BCUT2D eigenvalue weighted by Gasteiger charge is 2.28. The zero-order valence-corrected chi connectivity index (χ0v) is 18.9. The third kappa shape index (κ3) is 4.88. The minimum atomic E-state index is -0.545. The van der Waals surface area contributed by atoms with E-state index in [1.165, 1.54) is 17.5 Å². The van der Waals surface area contributed by atoms with Gasteiger partial charge in [-0.3, -0.25) is 15.2 Å². The van der Waals surface area contributed by atoms with E-state index < -0.39 is 5.60 Å². The molecule has 0 spiro atoms. The van der Waals surface area contributed by atoms with Crippen molar-refractivity contribution in [1.29, 1.82) is 0 Å². The second kappa shape index (κ2) is 8.32. The molecule has 1 aliphatic heterocycles. The molecule has 2 amide bonds. The number of thiazole rings is 1. The molecule has 0 radical (unpaired) electrons. The number of halogens is 1. The maximum absolute atomic E-state index is 12.9. The molecular weight excluding hydrogens is 438 g/mol. The molecular formula is C21H22ClN5O3S. The van der Waals surface area contributed by atoms with Gasteiger partial charge >= 0.3 is 6.09 Å². The number of anilines is 1. The van der Waals surface area contributed by atoms with Gasteiger partial charge in [-0.2, -0.15) is 5.10 Å². The Bertz CT molecular complexity index is 1120. The number of rotatable bonds is 3. The van der Waals surface area contributed by atoms with Crippen LogP contribution in [0.15, 0.2) is 30.5 Å². The van der Waals surface area contributed by atoms with E-state index >= 15 is 0 Å². The van der Waals surface area contributed by atoms with Crippen molar-refractivity contribution in [2.75, 3.05) is 11.9 Å². The second-order valence-corrected chi connectivity index (χ2v) is 9.68. The highest BCUT2D eigenvalue weighted by Crippen LogP contribution is 2.30. The van der Waals surface area contributed by atoms with Gasteiger partial charge in [0.2, 0.25) is 0 Å². The van der Waals surface area contributed by atoms with E-state index in [4.69, 9.17) is 16.3 Å². The van der Waals surface area contributed by atoms with Gasteiger partial charge in [0.1, 0.15) is 5.60 Å². The van der Waals surface area contributed by atoms with Gasteiger partial charge in [0.15, 0.2) is 5.13 Å². The van der Waals surface area contributed by atoms with Crippen molar-refractivity contribution < 1.29 is 14.3 Å². The SMILES string of the molecule is CC(C)(C)OC(=O)N1CCc2nc(NC(=O)c3cn[nH]c3-c3ccc(Cl)cc3)sc2C1. The molecule has 4 rings (SSSR count). The van der Waals surface area contributed by atoms with Crippen molar-refractivity contribution in [3.63, 3.8) is 0 Å². The van der Waals surface area contributed by atoms with E-state index in [2.05, 4.69) is 20.5 Å². The number of hydrogen-bond acceptors (Lipinski definition) is 6. The first-order valence-corrected chi connectivity index (χ1v) is 11.0. The van der Waals surface area contributed by atoms with Gasteiger partial charge in [-0.15, -0.1) is 0 Å². The van der Waals surface area contributed by atoms with Crippen LogP contribution in [0.5, 0.6) is 0 Å². The highest BCUT2D eigenvalue weighted by atomic mass is 35.5. The Kier molecular flexibility index (Phi) is 5.72. The summed E-state index contributed by atoms with van der Waals surface area (Å²) in [4.78, 5) is 32.4. The number of ether oxygens (including phenoxy) is 1. The van der Waals surface area contributed by atoms with E-state index in [0.29, 0.717) is 40.9 Å². The Morgan fingerprint density at radius 2 is 2.00 bits per heavy atom. The third-order valence-corrected chi connectivity index (χ3v) is 5.87. The largest absolute Gasteiger partial charge is 0.444 e. The van der Waals surface area contributed by atoms with E-state index in [0.717, 1.165) is 16.1 Å². The summed E-state index contributed by atoms with van der Waals surface area (Å²) in [5.74, 6) is -0.311. The molecule has 2 N–H and O–H groups in total. The number of H-pyrrole nitrogens is 1. The van der Waals surface area contributed by atoms with Crippen molar-refractivity contribution >= 4 is 40.1 Å². The Morgan fingerprint density at radius 1 is 1.26 bits per heavy atom. The van der Waals surface area contributed by atoms with Crippen molar-refractivity contribution in [3.8, 4) is 11.3 Å². The van der Waals surface area contributed by atoms with Crippen LogP contribution in [0.25, 0.3) is 11.3 Å². The monoisotopic (exact) mass is 459 g/mol. The van der Waals surface area contributed by atoms with Crippen molar-refractivity contribution in [3.05, 3.63) is 51.6 Å². The summed E-state index contributed by atoms with van der Waals surface area (Å²) in [6.07, 6.45) is 1.75. The van der Waals surface area contributed by atoms with Crippen LogP contribution in [0, 0.1) is 0 Å². The summed E-state index contributed by atoms with van der Waals surface area (Å²) < 4.78 is 5.46. The van der Waals surface area contributed by atoms with Gasteiger partial charge in [-0.05, 0) is 32.9 Å². The molecule has 2 aromatic heterocycles. The van der Waals surface area contributed by atoms with E-state index in [1.807, 2.05) is 32.9 Å². The minimum Gasteiger partial charge on any atom is -0.444 e. The molecule has 0 unspecified atom stereocenters. The Hall–Kier alpha value is -2.91. The van der Waals surface area contributed by atoms with Gasteiger partial charge < -0.3 is 9.64 Å². The lowest BCUT2D eigenvalue weighted by Gasteiger charge is -2.29. The summed E-state index contributed by atoms with van der Waals surface area (Å²) in [6, 6.07) is 7.15. The summed E-state index contributed by atoms with van der Waals surface area (Å²) in [6.45, 7) is 6.47. The van der Waals surface area contributed by atoms with Crippen molar-refractivity contribution in [2.45, 2.75) is 39.3 Å². The zero-order chi connectivity index (χ0) is 22.2. The number of aromatic nitrogens is 3. The molecule has 0 atom stereocenters. The quantitative estimate of drug-likeness (QED) is 0.589. The van der Waals surface area contributed by atoms with Crippen LogP contribution < -0.4 is 5.32 Å². The number of nitrogens with one attached hydrogen (secondary N) is 2. The van der Waals surface area contributed by atoms with Crippen LogP contribution in [-0.2, 0) is 17.7 Å². The average molecular weight is 460 g/mol. The number of amides is 2. The van der Waals surface area contributed by atoms with Gasteiger partial charge in [0, 0.05) is 28.4 Å². The van der Waals surface area contributed by atoms with Gasteiger partial charge in [-0.1, -0.05) is 35.1 Å². The van der Waals surface area contributed by atoms with E-state index in [1.54, 1.807) is 17.0 Å². The van der Waals surface area contributed by atoms with Crippen LogP contribution in [0.4, 0.5) is 9.93 Å². The lowest BCUT2D eigenvalue weighted by molar-refractivity contribution is 0.0225. The minimum absolute atomic E-state index is 0.311. The van der Waals surface area contributed by atoms with Crippen LogP contribution in [0.3, 0.4) is 0 Å². The van der Waals surface area contributed by atoms with Crippen LogP contribution in [0.2, 0.25) is 5.02 Å². The van der Waals surface area contributed by atoms with Gasteiger partial charge in [-0.25, -0.2) is 9.78 Å². The fourth-order valence-electron chi connectivity index (χ4n) is 3.19. The molecule has 0 saturated heterocycles. The number of benzene rings is 1. The summed E-state index contributed by atoms with van der Waals surface area (Å²) in [7, 11) is 0. The number of hydrogen-bond donors (Lipinski definition) is 2. The lowest BCUT2D eigenvalue weighted by atomic mass is 10.1. The third-order valence-electron chi connectivity index (χ3n) is 4.62. The fourth-order valence-corrected chi connectivity index (χ4v) is 4.34. The lowest BCUT2D eigenvalue weighted by Crippen LogP contribution is -2.39. The Labute approximate surface area is 188 Å². The number of nitrogens with zero attached hydrogens (tertiary/aromatic N) is 3. The molecule has 0 bridgehead atoms. The van der Waals surface area contributed by atoms with E-state index in [9.17, 15) is 9.59 Å². The van der Waals surface area contributed by atoms with Crippen molar-refractivity contribution in [1.82, 2.24) is 20.1 Å². The first-order chi connectivity index (χ1) is 14.7. The fraction of sp³-hybridized carbons (Fsp3) is 0.333. The molecule has 0 aliphatic carbocycles. The van der Waals surface area contributed by atoms with Gasteiger partial charge in [0.05, 0.1) is 29.7 Å². The van der Waals surface area contributed by atoms with Crippen LogP contribution in [-0.4, -0.2) is 44.2 Å². The Morgan fingerprint density at radius 3 is 2.71 bits per heavy atom. The second-order valence-electron chi connectivity index (χ2n) is 8.16. The smallest absolute Gasteiger partial charge is 0.410 e. The summed E-state index contributed by atoms with van der Waals surface area (Å²) in [5, 5.41) is 10.8. The maximum atomic E-state index is 12.9. The van der Waals surface area contributed by atoms with Gasteiger partial charge in [0.25, 0.3) is 5.91 Å². The molecule has 1 aromatic carbocycles. The highest BCUT2D eigenvalue weighted by molar-refractivity contribution is 7.15. The maximum Gasteiger partial charge on any atom is 0.410 e. The molecule has 1 aliphatic rings. The number of fused-ring (bicyclic) bond motifs is 1. The van der Waals surface area contributed by atoms with Crippen LogP contribution in [0.1, 0.15) is 41.7 Å². The number of carbonyl (C=O) groups excluding carboxylic acids is 2. The predicted octanol–water partition coefficient (Wildman–Crippen LogP) is 4.73. The summed E-state index contributed by atoms with van der Waals surface area (Å²) >= 11 is 7.31. The summed E-state index contributed by atoms with van der Waals surface area (Å²) in [5.41, 5.74) is 2.16. The topological polar surface area (TPSA) is 100 Å². The molecule has 162 valence electrons. The number of carbonyl (C=O) groups is 2. The molecule has 0 fully saturated rings. The molecule has 3 heterocycles. The first kappa shape index (κ1) is 21.3. The molecule has 3 aromatic rings. The molecule has 31 heavy (non-hydrogen) atoms. The number of aromatic amines is 1. The molecule has 0 saturated carbocycles. The predicted molar refractivity (Wildman–Crippen MR) is 119 cm³/mol. The average Bonchev–Trinajstić information content (AvgIpc) is 3.33. The molecule has 10 heteroatoms. The molecule has 8 nitrogen and oxygen atoms in total. The van der Waals surface area contributed by atoms with Crippen LogP contribution >= 0.6 is 22.9 Å². The zero-order valence-electron chi connectivity index (χ0n) is 17.4. The van der Waals surface area contributed by atoms with Crippen molar-refractivity contribution in [2.24, 2.45) is 0 Å². The normalized spacial score (nSPS) is 13.6. The van der Waals surface area contributed by atoms with E-state index in [-0.39, 0.29) is 12.0 Å². The standard InChI is InChI=1S/C21H22ClN5O3S/c1-21(2,3)30-20(29)27-9-8-15-16(11-27)31-19(24-15)25-18(28)14-10-23-26-17(14)12-4-6-13(22)7-5-12/h4-7,10H,8-9,11H2,1-3H3,(H,23,26)(H,24,25,28).